The summed E-state index contributed by atoms with van der Waals surface area (Å²) in [6, 6.07) is 10.8. The fraction of sp³-hybridized carbons (Fsp3) is 0.350. The minimum absolute atomic E-state index is 0.00293. The van der Waals surface area contributed by atoms with Crippen molar-refractivity contribution in [3.63, 3.8) is 0 Å². The van der Waals surface area contributed by atoms with Gasteiger partial charge in [-0.3, -0.25) is 14.2 Å². The number of thiophene rings is 1. The molecule has 2 heterocycles. The fourth-order valence-corrected chi connectivity index (χ4v) is 4.80. The van der Waals surface area contributed by atoms with Crippen molar-refractivity contribution >= 4 is 51.4 Å². The van der Waals surface area contributed by atoms with Crippen molar-refractivity contribution in [2.45, 2.75) is 44.3 Å². The van der Waals surface area contributed by atoms with Gasteiger partial charge in [0, 0.05) is 6.54 Å². The van der Waals surface area contributed by atoms with Crippen LogP contribution in [0.3, 0.4) is 0 Å². The van der Waals surface area contributed by atoms with Crippen molar-refractivity contribution in [3.05, 3.63) is 56.0 Å². The van der Waals surface area contributed by atoms with Crippen molar-refractivity contribution in [2.75, 3.05) is 5.75 Å². The topological polar surface area (TPSA) is 52.0 Å². The van der Waals surface area contributed by atoms with Gasteiger partial charge in [-0.1, -0.05) is 61.7 Å². The van der Waals surface area contributed by atoms with Crippen molar-refractivity contribution in [1.29, 1.82) is 0 Å². The Morgan fingerprint density at radius 3 is 2.74 bits per heavy atom. The standard InChI is InChI=1S/C20H21ClN2O2S2/c1-2-3-4-7-12-23-19(25)14-8-5-6-9-15(14)22-20(23)26-13-16(24)17-10-11-18(21)27-17/h5-6,8-11H,2-4,7,12-13H2,1H3. The Bertz CT molecular complexity index is 997. The van der Waals surface area contributed by atoms with Gasteiger partial charge in [-0.25, -0.2) is 4.98 Å². The Balaban J connectivity index is 1.85. The lowest BCUT2D eigenvalue weighted by Gasteiger charge is -2.12. The lowest BCUT2D eigenvalue weighted by molar-refractivity contribution is 0.102. The van der Waals surface area contributed by atoms with E-state index >= 15 is 0 Å². The highest BCUT2D eigenvalue weighted by atomic mass is 35.5. The molecule has 2 aromatic heterocycles. The van der Waals surface area contributed by atoms with Gasteiger partial charge in [0.15, 0.2) is 10.9 Å². The zero-order chi connectivity index (χ0) is 19.2. The number of nitrogens with zero attached hydrogens (tertiary/aromatic N) is 2. The van der Waals surface area contributed by atoms with Gasteiger partial charge in [0.25, 0.3) is 5.56 Å². The first kappa shape index (κ1) is 20.1. The summed E-state index contributed by atoms with van der Waals surface area (Å²) in [5.41, 5.74) is 0.632. The molecule has 0 N–H and O–H groups in total. The predicted octanol–water partition coefficient (Wildman–Crippen LogP) is 5.67. The number of para-hydroxylation sites is 1. The lowest BCUT2D eigenvalue weighted by Crippen LogP contribution is -2.24. The number of hydrogen-bond acceptors (Lipinski definition) is 5. The summed E-state index contributed by atoms with van der Waals surface area (Å²) in [6.45, 7) is 2.78. The monoisotopic (exact) mass is 420 g/mol. The predicted molar refractivity (Wildman–Crippen MR) is 115 cm³/mol. The fourth-order valence-electron chi connectivity index (χ4n) is 2.82. The van der Waals surface area contributed by atoms with E-state index in [0.29, 0.717) is 31.8 Å². The number of ketones is 1. The normalized spacial score (nSPS) is 11.2. The molecule has 0 aliphatic heterocycles. The molecule has 0 fully saturated rings. The van der Waals surface area contributed by atoms with Crippen LogP contribution in [0.15, 0.2) is 46.3 Å². The molecule has 0 aliphatic rings. The Hall–Kier alpha value is -1.63. The molecule has 0 aliphatic carbocycles. The second kappa shape index (κ2) is 9.53. The smallest absolute Gasteiger partial charge is 0.262 e. The number of unbranched alkanes of at least 4 members (excludes halogenated alkanes) is 3. The molecule has 0 saturated carbocycles. The van der Waals surface area contributed by atoms with Crippen LogP contribution in [0.25, 0.3) is 10.9 Å². The highest BCUT2D eigenvalue weighted by Gasteiger charge is 2.15. The van der Waals surface area contributed by atoms with Crippen LogP contribution in [0.4, 0.5) is 0 Å². The van der Waals surface area contributed by atoms with Crippen LogP contribution < -0.4 is 5.56 Å². The van der Waals surface area contributed by atoms with Crippen LogP contribution in [0.2, 0.25) is 4.34 Å². The molecule has 0 amide bonds. The molecule has 0 spiro atoms. The summed E-state index contributed by atoms with van der Waals surface area (Å²) in [6.07, 6.45) is 4.29. The number of halogens is 1. The zero-order valence-electron chi connectivity index (χ0n) is 15.1. The number of rotatable bonds is 9. The molecular formula is C20H21ClN2O2S2. The minimum atomic E-state index is -0.0359. The Labute approximate surface area is 171 Å². The van der Waals surface area contributed by atoms with Crippen molar-refractivity contribution < 1.29 is 4.79 Å². The van der Waals surface area contributed by atoms with Gasteiger partial charge < -0.3 is 0 Å². The van der Waals surface area contributed by atoms with E-state index in [1.807, 2.05) is 18.2 Å². The third kappa shape index (κ3) is 5.00. The largest absolute Gasteiger partial charge is 0.292 e. The Kier molecular flexibility index (Phi) is 7.10. The average Bonchev–Trinajstić information content (AvgIpc) is 3.11. The first-order valence-corrected chi connectivity index (χ1v) is 11.2. The van der Waals surface area contributed by atoms with E-state index in [4.69, 9.17) is 11.6 Å². The maximum Gasteiger partial charge on any atom is 0.262 e. The molecule has 4 nitrogen and oxygen atoms in total. The molecule has 27 heavy (non-hydrogen) atoms. The molecule has 0 radical (unpaired) electrons. The van der Waals surface area contributed by atoms with Gasteiger partial charge in [-0.15, -0.1) is 11.3 Å². The molecule has 0 unspecified atom stereocenters. The molecule has 142 valence electrons. The van der Waals surface area contributed by atoms with Crippen molar-refractivity contribution in [2.24, 2.45) is 0 Å². The number of carbonyl (C=O) groups excluding carboxylic acids is 1. The molecule has 7 heteroatoms. The first-order valence-electron chi connectivity index (χ1n) is 9.01. The van der Waals surface area contributed by atoms with E-state index in [0.717, 1.165) is 25.7 Å². The first-order chi connectivity index (χ1) is 13.1. The Morgan fingerprint density at radius 2 is 2.00 bits per heavy atom. The number of fused-ring (bicyclic) bond motifs is 1. The van der Waals surface area contributed by atoms with Crippen molar-refractivity contribution in [3.8, 4) is 0 Å². The summed E-state index contributed by atoms with van der Waals surface area (Å²) in [5.74, 6) is 0.230. The van der Waals surface area contributed by atoms with Gasteiger partial charge in [0.05, 0.1) is 25.9 Å². The number of thioether (sulfide) groups is 1. The van der Waals surface area contributed by atoms with Gasteiger partial charge in [0.1, 0.15) is 0 Å². The SMILES string of the molecule is CCCCCCn1c(SCC(=O)c2ccc(Cl)s2)nc2ccccc2c1=O. The van der Waals surface area contributed by atoms with Gasteiger partial charge in [0.2, 0.25) is 0 Å². The third-order valence-electron chi connectivity index (χ3n) is 4.24. The molecule has 0 atom stereocenters. The van der Waals surface area contributed by atoms with Crippen LogP contribution in [0, 0.1) is 0 Å². The molecule has 1 aromatic carbocycles. The van der Waals surface area contributed by atoms with Crippen LogP contribution in [-0.2, 0) is 6.54 Å². The maximum absolute atomic E-state index is 12.9. The number of benzene rings is 1. The molecule has 0 bridgehead atoms. The second-order valence-electron chi connectivity index (χ2n) is 6.24. The summed E-state index contributed by atoms with van der Waals surface area (Å²) in [5, 5.41) is 1.22. The third-order valence-corrected chi connectivity index (χ3v) is 6.49. The summed E-state index contributed by atoms with van der Waals surface area (Å²) >= 11 is 8.51. The summed E-state index contributed by atoms with van der Waals surface area (Å²) < 4.78 is 2.32. The lowest BCUT2D eigenvalue weighted by atomic mass is 10.2. The van der Waals surface area contributed by atoms with Crippen LogP contribution in [0.1, 0.15) is 42.3 Å². The van der Waals surface area contributed by atoms with E-state index in [1.165, 1.54) is 23.1 Å². The van der Waals surface area contributed by atoms with E-state index in [1.54, 1.807) is 22.8 Å². The van der Waals surface area contributed by atoms with Gasteiger partial charge in [-0.2, -0.15) is 0 Å². The molecule has 0 saturated heterocycles. The molecular weight excluding hydrogens is 400 g/mol. The molecule has 3 aromatic rings. The highest BCUT2D eigenvalue weighted by Crippen LogP contribution is 2.25. The van der Waals surface area contributed by atoms with E-state index in [2.05, 4.69) is 11.9 Å². The second-order valence-corrected chi connectivity index (χ2v) is 8.90. The number of hydrogen-bond donors (Lipinski definition) is 0. The van der Waals surface area contributed by atoms with E-state index in [-0.39, 0.29) is 17.1 Å². The zero-order valence-corrected chi connectivity index (χ0v) is 17.5. The van der Waals surface area contributed by atoms with Crippen LogP contribution in [-0.4, -0.2) is 21.1 Å². The van der Waals surface area contributed by atoms with Crippen molar-refractivity contribution in [1.82, 2.24) is 9.55 Å². The average molecular weight is 421 g/mol. The summed E-state index contributed by atoms with van der Waals surface area (Å²) in [4.78, 5) is 30.6. The van der Waals surface area contributed by atoms with E-state index < -0.39 is 0 Å². The molecule has 3 rings (SSSR count). The Morgan fingerprint density at radius 1 is 1.19 bits per heavy atom. The highest BCUT2D eigenvalue weighted by molar-refractivity contribution is 7.99. The van der Waals surface area contributed by atoms with Gasteiger partial charge in [-0.05, 0) is 30.7 Å². The number of carbonyl (C=O) groups is 1. The van der Waals surface area contributed by atoms with Crippen LogP contribution >= 0.6 is 34.7 Å². The van der Waals surface area contributed by atoms with E-state index in [9.17, 15) is 9.59 Å². The van der Waals surface area contributed by atoms with Gasteiger partial charge >= 0.3 is 0 Å². The van der Waals surface area contributed by atoms with Crippen LogP contribution in [0.5, 0.6) is 0 Å². The number of aromatic nitrogens is 2. The quantitative estimate of drug-likeness (QED) is 0.194. The summed E-state index contributed by atoms with van der Waals surface area (Å²) in [7, 11) is 0. The number of Topliss-reactive ketones (excluding diaryl/α,β-unsaturated/α-hetero) is 1. The maximum atomic E-state index is 12.9. The minimum Gasteiger partial charge on any atom is -0.292 e.